The van der Waals surface area contributed by atoms with Gasteiger partial charge in [0, 0.05) is 25.6 Å². The van der Waals surface area contributed by atoms with Crippen LogP contribution in [0.2, 0.25) is 0 Å². The van der Waals surface area contributed by atoms with Crippen molar-refractivity contribution >= 4 is 15.7 Å². The van der Waals surface area contributed by atoms with Crippen molar-refractivity contribution in [2.75, 3.05) is 37.8 Å². The minimum absolute atomic E-state index is 0.240. The van der Waals surface area contributed by atoms with Crippen molar-refractivity contribution in [3.8, 4) is 0 Å². The van der Waals surface area contributed by atoms with E-state index in [1.54, 1.807) is 18.3 Å². The SMILES string of the molecule is CS(=O)(=O)c1cccnc1NCCCOC1CCNCC1. The normalized spacial score (nSPS) is 16.8. The number of piperidine rings is 1. The molecule has 21 heavy (non-hydrogen) atoms. The first-order valence-electron chi connectivity index (χ1n) is 7.28. The lowest BCUT2D eigenvalue weighted by atomic mass is 10.1. The van der Waals surface area contributed by atoms with Gasteiger partial charge in [0.2, 0.25) is 0 Å². The lowest BCUT2D eigenvalue weighted by Gasteiger charge is -2.22. The van der Waals surface area contributed by atoms with Crippen LogP contribution < -0.4 is 10.6 Å². The zero-order valence-corrected chi connectivity index (χ0v) is 13.2. The average molecular weight is 313 g/mol. The van der Waals surface area contributed by atoms with Gasteiger partial charge in [-0.15, -0.1) is 0 Å². The molecule has 6 nitrogen and oxygen atoms in total. The topological polar surface area (TPSA) is 80.3 Å². The van der Waals surface area contributed by atoms with E-state index in [1.165, 1.54) is 6.26 Å². The Morgan fingerprint density at radius 3 is 2.90 bits per heavy atom. The van der Waals surface area contributed by atoms with Crippen molar-refractivity contribution in [3.63, 3.8) is 0 Å². The highest BCUT2D eigenvalue weighted by Crippen LogP contribution is 2.17. The second kappa shape index (κ2) is 7.72. The van der Waals surface area contributed by atoms with Crippen molar-refractivity contribution < 1.29 is 13.2 Å². The maximum atomic E-state index is 11.6. The zero-order valence-electron chi connectivity index (χ0n) is 12.3. The van der Waals surface area contributed by atoms with E-state index < -0.39 is 9.84 Å². The summed E-state index contributed by atoms with van der Waals surface area (Å²) in [5, 5.41) is 6.38. The highest BCUT2D eigenvalue weighted by Gasteiger charge is 2.14. The van der Waals surface area contributed by atoms with Crippen molar-refractivity contribution in [3.05, 3.63) is 18.3 Å². The van der Waals surface area contributed by atoms with Crippen molar-refractivity contribution in [2.45, 2.75) is 30.3 Å². The molecule has 2 heterocycles. The lowest BCUT2D eigenvalue weighted by Crippen LogP contribution is -2.32. The molecule has 0 bridgehead atoms. The summed E-state index contributed by atoms with van der Waals surface area (Å²) in [6.45, 7) is 3.37. The van der Waals surface area contributed by atoms with Crippen LogP contribution in [0.3, 0.4) is 0 Å². The first kappa shape index (κ1) is 16.2. The predicted octanol–water partition coefficient (Wildman–Crippen LogP) is 1.06. The Morgan fingerprint density at radius 2 is 2.19 bits per heavy atom. The molecular weight excluding hydrogens is 290 g/mol. The Hall–Kier alpha value is -1.18. The smallest absolute Gasteiger partial charge is 0.179 e. The fraction of sp³-hybridized carbons (Fsp3) is 0.643. The third-order valence-electron chi connectivity index (χ3n) is 3.42. The molecule has 0 unspecified atom stereocenters. The van der Waals surface area contributed by atoms with E-state index >= 15 is 0 Å². The van der Waals surface area contributed by atoms with Gasteiger partial charge in [0.15, 0.2) is 9.84 Å². The van der Waals surface area contributed by atoms with Gasteiger partial charge in [0.1, 0.15) is 10.7 Å². The second-order valence-electron chi connectivity index (χ2n) is 5.22. The summed E-state index contributed by atoms with van der Waals surface area (Å²) in [6, 6.07) is 3.19. The Labute approximate surface area is 126 Å². The number of nitrogens with zero attached hydrogens (tertiary/aromatic N) is 1. The van der Waals surface area contributed by atoms with Gasteiger partial charge in [-0.25, -0.2) is 13.4 Å². The maximum absolute atomic E-state index is 11.6. The number of pyridine rings is 1. The van der Waals surface area contributed by atoms with Gasteiger partial charge in [-0.05, 0) is 44.5 Å². The van der Waals surface area contributed by atoms with E-state index in [-0.39, 0.29) is 4.90 Å². The average Bonchev–Trinajstić information content (AvgIpc) is 2.47. The molecule has 0 atom stereocenters. The van der Waals surface area contributed by atoms with Gasteiger partial charge in [-0.3, -0.25) is 0 Å². The standard InChI is InChI=1S/C14H23N3O3S/c1-21(18,19)13-4-2-7-16-14(13)17-8-3-11-20-12-5-9-15-10-6-12/h2,4,7,12,15H,3,5-6,8-11H2,1H3,(H,16,17). The number of ether oxygens (including phenoxy) is 1. The van der Waals surface area contributed by atoms with Gasteiger partial charge in [0.05, 0.1) is 6.10 Å². The molecule has 1 aliphatic heterocycles. The summed E-state index contributed by atoms with van der Waals surface area (Å²) >= 11 is 0. The van der Waals surface area contributed by atoms with Gasteiger partial charge in [-0.1, -0.05) is 0 Å². The van der Waals surface area contributed by atoms with Crippen molar-refractivity contribution in [1.82, 2.24) is 10.3 Å². The number of sulfone groups is 1. The molecule has 1 aliphatic rings. The van der Waals surface area contributed by atoms with Crippen LogP contribution in [0, 0.1) is 0 Å². The highest BCUT2D eigenvalue weighted by atomic mass is 32.2. The summed E-state index contributed by atoms with van der Waals surface area (Å²) in [6.07, 6.45) is 6.08. The maximum Gasteiger partial charge on any atom is 0.179 e. The van der Waals surface area contributed by atoms with Crippen molar-refractivity contribution in [2.24, 2.45) is 0 Å². The zero-order chi connectivity index (χ0) is 15.1. The molecule has 1 aromatic rings. The number of rotatable bonds is 7. The molecule has 2 N–H and O–H groups in total. The van der Waals surface area contributed by atoms with Crippen LogP contribution in [0.5, 0.6) is 0 Å². The minimum Gasteiger partial charge on any atom is -0.378 e. The third kappa shape index (κ3) is 5.26. The molecule has 1 saturated heterocycles. The monoisotopic (exact) mass is 313 g/mol. The second-order valence-corrected chi connectivity index (χ2v) is 7.21. The molecule has 0 amide bonds. The Bertz CT molecular complexity index is 542. The summed E-state index contributed by atoms with van der Waals surface area (Å²) in [5.74, 6) is 0.418. The van der Waals surface area contributed by atoms with Crippen LogP contribution in [-0.2, 0) is 14.6 Å². The van der Waals surface area contributed by atoms with E-state index in [9.17, 15) is 8.42 Å². The molecule has 118 valence electrons. The summed E-state index contributed by atoms with van der Waals surface area (Å²) in [4.78, 5) is 4.33. The number of nitrogens with one attached hydrogen (secondary N) is 2. The molecular formula is C14H23N3O3S. The number of hydrogen-bond donors (Lipinski definition) is 2. The van der Waals surface area contributed by atoms with E-state index in [2.05, 4.69) is 15.6 Å². The molecule has 1 aromatic heterocycles. The summed E-state index contributed by atoms with van der Waals surface area (Å²) in [7, 11) is -3.26. The Morgan fingerprint density at radius 1 is 1.43 bits per heavy atom. The van der Waals surface area contributed by atoms with Crippen LogP contribution >= 0.6 is 0 Å². The van der Waals surface area contributed by atoms with Gasteiger partial charge < -0.3 is 15.4 Å². The van der Waals surface area contributed by atoms with Crippen LogP contribution in [0.15, 0.2) is 23.2 Å². The van der Waals surface area contributed by atoms with E-state index in [4.69, 9.17) is 4.74 Å². The van der Waals surface area contributed by atoms with Crippen LogP contribution in [0.1, 0.15) is 19.3 Å². The molecule has 0 aliphatic carbocycles. The molecule has 7 heteroatoms. The van der Waals surface area contributed by atoms with E-state index in [0.29, 0.717) is 25.1 Å². The van der Waals surface area contributed by atoms with Crippen molar-refractivity contribution in [1.29, 1.82) is 0 Å². The largest absolute Gasteiger partial charge is 0.378 e. The minimum atomic E-state index is -3.26. The Balaban J connectivity index is 1.74. The lowest BCUT2D eigenvalue weighted by molar-refractivity contribution is 0.0329. The molecule has 1 fully saturated rings. The molecule has 0 radical (unpaired) electrons. The number of hydrogen-bond acceptors (Lipinski definition) is 6. The third-order valence-corrected chi connectivity index (χ3v) is 4.55. The van der Waals surface area contributed by atoms with Crippen LogP contribution in [-0.4, -0.2) is 52.0 Å². The highest BCUT2D eigenvalue weighted by molar-refractivity contribution is 7.90. The van der Waals surface area contributed by atoms with Gasteiger partial charge in [-0.2, -0.15) is 0 Å². The van der Waals surface area contributed by atoms with E-state index in [1.807, 2.05) is 0 Å². The first-order valence-corrected chi connectivity index (χ1v) is 9.18. The van der Waals surface area contributed by atoms with Crippen LogP contribution in [0.4, 0.5) is 5.82 Å². The molecule has 0 spiro atoms. The predicted molar refractivity (Wildman–Crippen MR) is 82.3 cm³/mol. The number of anilines is 1. The Kier molecular flexibility index (Phi) is 5.96. The van der Waals surface area contributed by atoms with E-state index in [0.717, 1.165) is 32.4 Å². The fourth-order valence-electron chi connectivity index (χ4n) is 2.31. The summed E-state index contributed by atoms with van der Waals surface area (Å²) in [5.41, 5.74) is 0. The number of aromatic nitrogens is 1. The quantitative estimate of drug-likeness (QED) is 0.733. The molecule has 2 rings (SSSR count). The van der Waals surface area contributed by atoms with Gasteiger partial charge in [0.25, 0.3) is 0 Å². The molecule has 0 aromatic carbocycles. The summed E-state index contributed by atoms with van der Waals surface area (Å²) < 4.78 is 29.1. The van der Waals surface area contributed by atoms with Gasteiger partial charge >= 0.3 is 0 Å². The molecule has 0 saturated carbocycles. The first-order chi connectivity index (χ1) is 10.1. The van der Waals surface area contributed by atoms with Crippen LogP contribution in [0.25, 0.3) is 0 Å². The fourth-order valence-corrected chi connectivity index (χ4v) is 3.12.